The van der Waals surface area contributed by atoms with Crippen LogP contribution >= 0.6 is 0 Å². The summed E-state index contributed by atoms with van der Waals surface area (Å²) >= 11 is 0. The van der Waals surface area contributed by atoms with Crippen LogP contribution in [0.1, 0.15) is 76.2 Å². The molecule has 0 aliphatic rings. The molecule has 1 aromatic carbocycles. The zero-order valence-corrected chi connectivity index (χ0v) is 16.2. The summed E-state index contributed by atoms with van der Waals surface area (Å²) in [5.41, 5.74) is 1.46. The van der Waals surface area contributed by atoms with Gasteiger partial charge in [0, 0.05) is 0 Å². The normalized spacial score (nSPS) is 10.2. The van der Waals surface area contributed by atoms with Crippen LogP contribution in [-0.4, -0.2) is 18.7 Å². The van der Waals surface area contributed by atoms with Gasteiger partial charge in [-0.1, -0.05) is 81.7 Å². The van der Waals surface area contributed by atoms with Gasteiger partial charge in [0.05, 0.1) is 6.54 Å². The van der Waals surface area contributed by atoms with E-state index in [1.54, 1.807) is 0 Å². The largest absolute Gasteiger partial charge is 1.00 e. The molecule has 25 heavy (non-hydrogen) atoms. The molecule has 0 saturated carbocycles. The maximum absolute atomic E-state index is 10.8. The third-order valence-electron chi connectivity index (χ3n) is 4.47. The van der Waals surface area contributed by atoms with Crippen LogP contribution in [0.2, 0.25) is 0 Å². The van der Waals surface area contributed by atoms with Gasteiger partial charge in [0.2, 0.25) is 6.29 Å². The molecule has 1 rings (SSSR count). The van der Waals surface area contributed by atoms with Crippen molar-refractivity contribution in [2.75, 3.05) is 6.54 Å². The Kier molecular flexibility index (Phi) is 16.8. The van der Waals surface area contributed by atoms with E-state index in [0.717, 1.165) is 13.0 Å². The van der Waals surface area contributed by atoms with Crippen molar-refractivity contribution in [1.82, 2.24) is 0 Å². The number of benzene rings is 1. The Labute approximate surface area is 159 Å². The average Bonchev–Trinajstić information content (AvgIpc) is 2.62. The number of unbranched alkanes of at least 4 members (excludes halogenated alkanes) is 10. The molecule has 0 fully saturated rings. The molecule has 0 radical (unpaired) electrons. The van der Waals surface area contributed by atoms with E-state index in [4.69, 9.17) is 0 Å². The highest BCUT2D eigenvalue weighted by Crippen LogP contribution is 2.12. The van der Waals surface area contributed by atoms with Gasteiger partial charge in [-0.3, -0.25) is 10.1 Å². The number of aryl methyl sites for hydroxylation is 1. The summed E-state index contributed by atoms with van der Waals surface area (Å²) in [6.07, 6.45) is 15.8. The van der Waals surface area contributed by atoms with Crippen LogP contribution < -0.4 is 17.7 Å². The molecule has 2 N–H and O–H groups in total. The molecule has 0 atom stereocenters. The molecule has 0 bridgehead atoms. The second-order valence-electron chi connectivity index (χ2n) is 6.64. The van der Waals surface area contributed by atoms with Gasteiger partial charge >= 0.3 is 5.91 Å². The predicted molar refractivity (Wildman–Crippen MR) is 98.8 cm³/mol. The molecule has 1 amide bonds. The molecule has 0 heterocycles. The highest BCUT2D eigenvalue weighted by molar-refractivity contribution is 6.18. The maximum atomic E-state index is 10.8. The summed E-state index contributed by atoms with van der Waals surface area (Å²) in [5, 5.41) is 1.50. The lowest BCUT2D eigenvalue weighted by Crippen LogP contribution is -3.00. The van der Waals surface area contributed by atoms with E-state index in [2.05, 4.69) is 30.3 Å². The van der Waals surface area contributed by atoms with Crippen molar-refractivity contribution in [2.45, 2.75) is 77.0 Å². The van der Waals surface area contributed by atoms with E-state index in [1.807, 2.05) is 0 Å². The Balaban J connectivity index is 0.00000576. The lowest BCUT2D eigenvalue weighted by atomic mass is 10.0. The number of aldehydes is 1. The first kappa shape index (κ1) is 23.8. The SMILES string of the molecule is O=CC(=O)[NH2+]CCCCCCCCCCCCCc1ccccc1.[Cl-]. The number of quaternary nitrogens is 1. The summed E-state index contributed by atoms with van der Waals surface area (Å²) in [5.74, 6) is -0.376. The maximum Gasteiger partial charge on any atom is 0.375 e. The zero-order valence-electron chi connectivity index (χ0n) is 15.4. The van der Waals surface area contributed by atoms with E-state index in [-0.39, 0.29) is 18.3 Å². The van der Waals surface area contributed by atoms with Crippen molar-refractivity contribution in [3.8, 4) is 0 Å². The number of halogens is 1. The monoisotopic (exact) mass is 367 g/mol. The van der Waals surface area contributed by atoms with Crippen molar-refractivity contribution in [3.05, 3.63) is 35.9 Å². The number of carbonyl (C=O) groups is 2. The third-order valence-corrected chi connectivity index (χ3v) is 4.47. The minimum Gasteiger partial charge on any atom is -1.00 e. The Morgan fingerprint density at radius 2 is 1.24 bits per heavy atom. The van der Waals surface area contributed by atoms with Crippen LogP contribution in [0.5, 0.6) is 0 Å². The lowest BCUT2D eigenvalue weighted by Gasteiger charge is -2.03. The number of carbonyl (C=O) groups excluding carboxylic acids is 2. The molecule has 0 aromatic heterocycles. The van der Waals surface area contributed by atoms with Crippen molar-refractivity contribution in [3.63, 3.8) is 0 Å². The summed E-state index contributed by atoms with van der Waals surface area (Å²) in [4.78, 5) is 20.9. The molecule has 0 unspecified atom stereocenters. The van der Waals surface area contributed by atoms with Crippen molar-refractivity contribution < 1.29 is 27.3 Å². The fourth-order valence-corrected chi connectivity index (χ4v) is 3.00. The molecule has 1 aromatic rings. The van der Waals surface area contributed by atoms with E-state index in [9.17, 15) is 9.59 Å². The summed E-state index contributed by atoms with van der Waals surface area (Å²) in [7, 11) is 0. The van der Waals surface area contributed by atoms with Gasteiger partial charge in [0.15, 0.2) is 0 Å². The number of hydrogen-bond acceptors (Lipinski definition) is 2. The number of amides is 1. The lowest BCUT2D eigenvalue weighted by molar-refractivity contribution is -0.563. The zero-order chi connectivity index (χ0) is 17.3. The Morgan fingerprint density at radius 3 is 1.76 bits per heavy atom. The smallest absolute Gasteiger partial charge is 0.375 e. The van der Waals surface area contributed by atoms with Crippen LogP contribution in [0.4, 0.5) is 0 Å². The van der Waals surface area contributed by atoms with Crippen molar-refractivity contribution in [1.29, 1.82) is 0 Å². The molecular formula is C21H34ClNO2. The van der Waals surface area contributed by atoms with E-state index >= 15 is 0 Å². The van der Waals surface area contributed by atoms with Crippen molar-refractivity contribution in [2.24, 2.45) is 0 Å². The molecule has 0 aliphatic heterocycles. The molecule has 4 heteroatoms. The van der Waals surface area contributed by atoms with Crippen LogP contribution in [0.25, 0.3) is 0 Å². The average molecular weight is 368 g/mol. The summed E-state index contributed by atoms with van der Waals surface area (Å²) in [6, 6.07) is 10.8. The quantitative estimate of drug-likeness (QED) is 0.283. The predicted octanol–water partition coefficient (Wildman–Crippen LogP) is 0.813. The topological polar surface area (TPSA) is 50.8 Å². The fraction of sp³-hybridized carbons (Fsp3) is 0.619. The molecule has 0 saturated heterocycles. The molecule has 0 aliphatic carbocycles. The Bertz CT molecular complexity index is 437. The highest BCUT2D eigenvalue weighted by Gasteiger charge is 2.01. The first-order valence-electron chi connectivity index (χ1n) is 9.69. The molecule has 0 spiro atoms. The summed E-state index contributed by atoms with van der Waals surface area (Å²) in [6.45, 7) is 0.751. The molecule has 3 nitrogen and oxygen atoms in total. The minimum atomic E-state index is -0.376. The number of nitrogens with two attached hydrogens (primary N) is 1. The number of rotatable bonds is 15. The second-order valence-corrected chi connectivity index (χ2v) is 6.64. The van der Waals surface area contributed by atoms with Gasteiger partial charge < -0.3 is 12.4 Å². The van der Waals surface area contributed by atoms with Gasteiger partial charge in [0.25, 0.3) is 0 Å². The second kappa shape index (κ2) is 17.6. The summed E-state index contributed by atoms with van der Waals surface area (Å²) < 4.78 is 0. The van der Waals surface area contributed by atoms with Crippen LogP contribution in [-0.2, 0) is 16.0 Å². The number of hydrogen-bond donors (Lipinski definition) is 1. The highest BCUT2D eigenvalue weighted by atomic mass is 35.5. The van der Waals surface area contributed by atoms with Gasteiger partial charge in [-0.25, -0.2) is 4.79 Å². The molecule has 142 valence electrons. The first-order chi connectivity index (χ1) is 11.8. The van der Waals surface area contributed by atoms with E-state index < -0.39 is 0 Å². The first-order valence-corrected chi connectivity index (χ1v) is 9.69. The number of primary amides is 1. The van der Waals surface area contributed by atoms with Crippen molar-refractivity contribution >= 4 is 12.2 Å². The van der Waals surface area contributed by atoms with Crippen LogP contribution in [0.15, 0.2) is 30.3 Å². The van der Waals surface area contributed by atoms with Gasteiger partial charge in [-0.2, -0.15) is 0 Å². The van der Waals surface area contributed by atoms with Gasteiger partial charge in [-0.05, 0) is 31.2 Å². The Morgan fingerprint density at radius 1 is 0.760 bits per heavy atom. The van der Waals surface area contributed by atoms with Gasteiger partial charge in [0.1, 0.15) is 0 Å². The van der Waals surface area contributed by atoms with Crippen LogP contribution in [0.3, 0.4) is 0 Å². The minimum absolute atomic E-state index is 0. The van der Waals surface area contributed by atoms with Crippen LogP contribution in [0, 0.1) is 0 Å². The third kappa shape index (κ3) is 14.8. The Hall–Kier alpha value is -1.19. The van der Waals surface area contributed by atoms with Gasteiger partial charge in [-0.15, -0.1) is 0 Å². The molecular weight excluding hydrogens is 334 g/mol. The van der Waals surface area contributed by atoms with E-state index in [1.165, 1.54) is 81.5 Å². The fourth-order valence-electron chi connectivity index (χ4n) is 3.00. The standard InChI is InChI=1S/C21H33NO2.ClH/c23-19-21(24)22-18-14-9-7-5-3-1-2-4-6-8-11-15-20-16-12-10-13-17-20;/h10,12-13,16-17,19H,1-9,11,14-15,18H2,(H,22,24);1H. The van der Waals surface area contributed by atoms with E-state index in [0.29, 0.717) is 6.29 Å².